The first-order chi connectivity index (χ1) is 4.70. The van der Waals surface area contributed by atoms with Crippen molar-refractivity contribution in [3.8, 4) is 0 Å². The Bertz CT molecular complexity index is 207. The molecule has 1 atom stereocenters. The first-order valence-electron chi connectivity index (χ1n) is 3.13. The molecule has 56 valence electrons. The molecule has 4 heteroatoms. The van der Waals surface area contributed by atoms with E-state index in [1.165, 1.54) is 0 Å². The molecular formula is C6H11N3S. The van der Waals surface area contributed by atoms with Gasteiger partial charge >= 0.3 is 0 Å². The maximum atomic E-state index is 4.18. The van der Waals surface area contributed by atoms with E-state index < -0.39 is 0 Å². The van der Waals surface area contributed by atoms with Crippen molar-refractivity contribution in [3.05, 3.63) is 12.3 Å². The third-order valence-corrected chi connectivity index (χ3v) is 1.31. The van der Waals surface area contributed by atoms with Crippen LogP contribution in [0.2, 0.25) is 0 Å². The summed E-state index contributed by atoms with van der Waals surface area (Å²) in [6.07, 6.45) is 1.75. The minimum atomic E-state index is 0.162. The van der Waals surface area contributed by atoms with E-state index >= 15 is 0 Å². The number of hydrogen-bond acceptors (Lipinski definition) is 3. The number of thiol groups is 1. The molecule has 1 aromatic heterocycles. The van der Waals surface area contributed by atoms with Crippen molar-refractivity contribution >= 4 is 18.4 Å². The van der Waals surface area contributed by atoms with Crippen molar-refractivity contribution in [1.29, 1.82) is 0 Å². The molecule has 0 radical (unpaired) electrons. The fourth-order valence-corrected chi connectivity index (χ4v) is 0.862. The molecule has 0 spiro atoms. The molecule has 1 heterocycles. The lowest BCUT2D eigenvalue weighted by atomic mass is 10.6. The van der Waals surface area contributed by atoms with Gasteiger partial charge in [0.05, 0.1) is 11.6 Å². The molecule has 1 N–H and O–H groups in total. The number of aryl methyl sites for hydroxylation is 1. The van der Waals surface area contributed by atoms with Crippen molar-refractivity contribution in [2.75, 3.05) is 5.32 Å². The first kappa shape index (κ1) is 7.47. The van der Waals surface area contributed by atoms with Gasteiger partial charge in [-0.25, -0.2) is 0 Å². The lowest BCUT2D eigenvalue weighted by Crippen LogP contribution is -2.10. The molecule has 10 heavy (non-hydrogen) atoms. The highest BCUT2D eigenvalue weighted by Gasteiger charge is 1.97. The van der Waals surface area contributed by atoms with E-state index in [-0.39, 0.29) is 5.37 Å². The molecule has 3 nitrogen and oxygen atoms in total. The van der Waals surface area contributed by atoms with Crippen LogP contribution >= 0.6 is 12.6 Å². The summed E-state index contributed by atoms with van der Waals surface area (Å²) in [5, 5.41) is 7.27. The summed E-state index contributed by atoms with van der Waals surface area (Å²) in [5.41, 5.74) is 0. The van der Waals surface area contributed by atoms with Gasteiger partial charge in [-0.15, -0.1) is 0 Å². The summed E-state index contributed by atoms with van der Waals surface area (Å²) < 4.78 is 1.77. The summed E-state index contributed by atoms with van der Waals surface area (Å²) in [4.78, 5) is 0. The molecule has 1 aromatic rings. The lowest BCUT2D eigenvalue weighted by Gasteiger charge is -2.07. The Balaban J connectivity index is 2.65. The van der Waals surface area contributed by atoms with Crippen molar-refractivity contribution in [2.45, 2.75) is 12.3 Å². The Labute approximate surface area is 65.8 Å². The summed E-state index contributed by atoms with van der Waals surface area (Å²) in [7, 11) is 1.89. The van der Waals surface area contributed by atoms with Crippen molar-refractivity contribution in [2.24, 2.45) is 7.05 Å². The summed E-state index contributed by atoms with van der Waals surface area (Å²) in [5.74, 6) is 0.988. The van der Waals surface area contributed by atoms with E-state index in [1.807, 2.05) is 20.0 Å². The first-order valence-corrected chi connectivity index (χ1v) is 3.64. The second-order valence-corrected chi connectivity index (χ2v) is 2.93. The van der Waals surface area contributed by atoms with Crippen molar-refractivity contribution in [3.63, 3.8) is 0 Å². The molecular weight excluding hydrogens is 146 g/mol. The minimum Gasteiger partial charge on any atom is -0.359 e. The highest BCUT2D eigenvalue weighted by Crippen LogP contribution is 2.06. The smallest absolute Gasteiger partial charge is 0.124 e. The molecule has 0 bridgehead atoms. The van der Waals surface area contributed by atoms with Crippen molar-refractivity contribution in [1.82, 2.24) is 9.78 Å². The topological polar surface area (TPSA) is 29.9 Å². The van der Waals surface area contributed by atoms with Gasteiger partial charge in [0.1, 0.15) is 5.82 Å². The van der Waals surface area contributed by atoms with Crippen LogP contribution in [0.1, 0.15) is 6.92 Å². The average Bonchev–Trinajstić information content (AvgIpc) is 2.15. The van der Waals surface area contributed by atoms with Crippen LogP contribution in [0.5, 0.6) is 0 Å². The number of anilines is 1. The maximum absolute atomic E-state index is 4.18. The van der Waals surface area contributed by atoms with E-state index in [0.29, 0.717) is 0 Å². The van der Waals surface area contributed by atoms with E-state index in [4.69, 9.17) is 0 Å². The monoisotopic (exact) mass is 157 g/mol. The lowest BCUT2D eigenvalue weighted by molar-refractivity contribution is 0.768. The molecule has 0 aromatic carbocycles. The normalized spacial score (nSPS) is 13.1. The number of nitrogens with one attached hydrogen (secondary N) is 1. The number of aromatic nitrogens is 2. The Morgan fingerprint density at radius 3 is 2.90 bits per heavy atom. The van der Waals surface area contributed by atoms with Crippen LogP contribution in [-0.2, 0) is 7.05 Å². The van der Waals surface area contributed by atoms with Gasteiger partial charge in [-0.1, -0.05) is 0 Å². The van der Waals surface area contributed by atoms with Crippen LogP contribution < -0.4 is 5.32 Å². The molecule has 0 fully saturated rings. The zero-order valence-electron chi connectivity index (χ0n) is 6.07. The number of nitrogens with zero attached hydrogens (tertiary/aromatic N) is 2. The SMILES string of the molecule is CC(S)Nc1ccnn1C. The standard InChI is InChI=1S/C6H11N3S/c1-5(10)8-6-3-4-7-9(6)2/h3-5,8,10H,1-2H3. The van der Waals surface area contributed by atoms with Gasteiger partial charge in [0.2, 0.25) is 0 Å². The Kier molecular flexibility index (Phi) is 2.21. The quantitative estimate of drug-likeness (QED) is 0.497. The molecule has 0 saturated heterocycles. The van der Waals surface area contributed by atoms with E-state index in [1.54, 1.807) is 10.9 Å². The van der Waals surface area contributed by atoms with Crippen LogP contribution in [0.4, 0.5) is 5.82 Å². The number of hydrogen-bond donors (Lipinski definition) is 2. The van der Waals surface area contributed by atoms with Crippen LogP contribution in [0.25, 0.3) is 0 Å². The largest absolute Gasteiger partial charge is 0.359 e. The molecule has 0 amide bonds. The fourth-order valence-electron chi connectivity index (χ4n) is 0.730. The maximum Gasteiger partial charge on any atom is 0.124 e. The highest BCUT2D eigenvalue weighted by atomic mass is 32.1. The fraction of sp³-hybridized carbons (Fsp3) is 0.500. The third kappa shape index (κ3) is 1.67. The second kappa shape index (κ2) is 2.96. The van der Waals surface area contributed by atoms with Gasteiger partial charge in [-0.3, -0.25) is 4.68 Å². The summed E-state index contributed by atoms with van der Waals surface area (Å²) >= 11 is 4.18. The van der Waals surface area contributed by atoms with Crippen molar-refractivity contribution < 1.29 is 0 Å². The van der Waals surface area contributed by atoms with Gasteiger partial charge < -0.3 is 5.32 Å². The molecule has 0 saturated carbocycles. The minimum absolute atomic E-state index is 0.162. The van der Waals surface area contributed by atoms with Crippen LogP contribution in [-0.4, -0.2) is 15.2 Å². The van der Waals surface area contributed by atoms with E-state index in [9.17, 15) is 0 Å². The molecule has 1 rings (SSSR count). The zero-order chi connectivity index (χ0) is 7.56. The molecule has 0 aliphatic heterocycles. The Hall–Kier alpha value is -0.640. The number of rotatable bonds is 2. The predicted molar refractivity (Wildman–Crippen MR) is 45.3 cm³/mol. The average molecular weight is 157 g/mol. The zero-order valence-corrected chi connectivity index (χ0v) is 6.97. The molecule has 1 unspecified atom stereocenters. The van der Waals surface area contributed by atoms with E-state index in [0.717, 1.165) is 5.82 Å². The Morgan fingerprint density at radius 1 is 1.80 bits per heavy atom. The molecule has 0 aliphatic rings. The van der Waals surface area contributed by atoms with Gasteiger partial charge in [-0.2, -0.15) is 17.7 Å². The predicted octanol–water partition coefficient (Wildman–Crippen LogP) is 1.11. The van der Waals surface area contributed by atoms with Gasteiger partial charge in [0, 0.05) is 13.1 Å². The second-order valence-electron chi connectivity index (χ2n) is 2.16. The van der Waals surface area contributed by atoms with Gasteiger partial charge in [0.25, 0.3) is 0 Å². The summed E-state index contributed by atoms with van der Waals surface area (Å²) in [6, 6.07) is 1.91. The van der Waals surface area contributed by atoms with Crippen LogP contribution in [0, 0.1) is 0 Å². The van der Waals surface area contributed by atoms with Crippen LogP contribution in [0.15, 0.2) is 12.3 Å². The highest BCUT2D eigenvalue weighted by molar-refractivity contribution is 7.81. The third-order valence-electron chi connectivity index (χ3n) is 1.18. The summed E-state index contributed by atoms with van der Waals surface area (Å²) in [6.45, 7) is 1.97. The molecule has 0 aliphatic carbocycles. The van der Waals surface area contributed by atoms with E-state index in [2.05, 4.69) is 23.0 Å². The van der Waals surface area contributed by atoms with Gasteiger partial charge in [0.15, 0.2) is 0 Å². The Morgan fingerprint density at radius 2 is 2.50 bits per heavy atom. The van der Waals surface area contributed by atoms with Gasteiger partial charge in [-0.05, 0) is 6.92 Å². The van der Waals surface area contributed by atoms with Crippen LogP contribution in [0.3, 0.4) is 0 Å².